The lowest BCUT2D eigenvalue weighted by Gasteiger charge is -2.26. The van der Waals surface area contributed by atoms with Crippen LogP contribution in [0.4, 0.5) is 5.69 Å². The monoisotopic (exact) mass is 540 g/mol. The van der Waals surface area contributed by atoms with Gasteiger partial charge < -0.3 is 15.2 Å². The van der Waals surface area contributed by atoms with Gasteiger partial charge in [0.1, 0.15) is 12.4 Å². The quantitative estimate of drug-likeness (QED) is 0.232. The summed E-state index contributed by atoms with van der Waals surface area (Å²) in [6.45, 7) is 4.03. The molecule has 1 amide bonds. The molecule has 1 fully saturated rings. The zero-order valence-corrected chi connectivity index (χ0v) is 22.6. The number of aromatic carboxylic acids is 1. The van der Waals surface area contributed by atoms with E-state index in [4.69, 9.17) is 4.74 Å². The van der Waals surface area contributed by atoms with Gasteiger partial charge in [-0.05, 0) is 90.8 Å². The summed E-state index contributed by atoms with van der Waals surface area (Å²) in [5, 5.41) is 14.3. The van der Waals surface area contributed by atoms with E-state index in [-0.39, 0.29) is 17.9 Å². The number of anilines is 1. The van der Waals surface area contributed by atoms with Crippen molar-refractivity contribution in [1.29, 1.82) is 0 Å². The summed E-state index contributed by atoms with van der Waals surface area (Å²) in [6, 6.07) is 26.9. The number of ether oxygens (including phenoxy) is 1. The first kappa shape index (κ1) is 26.8. The van der Waals surface area contributed by atoms with Crippen molar-refractivity contribution >= 4 is 40.1 Å². The van der Waals surface area contributed by atoms with Crippen LogP contribution in [0.5, 0.6) is 5.75 Å². The van der Waals surface area contributed by atoms with Gasteiger partial charge in [0.25, 0.3) is 0 Å². The molecule has 200 valence electrons. The Morgan fingerprint density at radius 3 is 2.38 bits per heavy atom. The summed E-state index contributed by atoms with van der Waals surface area (Å²) >= 11 is 1.67. The van der Waals surface area contributed by atoms with Gasteiger partial charge in [-0.2, -0.15) is 0 Å². The molecule has 0 bridgehead atoms. The van der Waals surface area contributed by atoms with E-state index in [1.165, 1.54) is 43.8 Å². The van der Waals surface area contributed by atoms with Gasteiger partial charge in [-0.25, -0.2) is 4.79 Å². The van der Waals surface area contributed by atoms with Crippen LogP contribution in [0.3, 0.4) is 0 Å². The maximum absolute atomic E-state index is 12.5. The molecule has 4 aromatic carbocycles. The Morgan fingerprint density at radius 1 is 0.846 bits per heavy atom. The maximum atomic E-state index is 12.5. The minimum absolute atomic E-state index is 0.0733. The lowest BCUT2D eigenvalue weighted by molar-refractivity contribution is -0.115. The van der Waals surface area contributed by atoms with Gasteiger partial charge in [-0.1, -0.05) is 54.6 Å². The number of carbonyl (C=O) groups excluding carboxylic acids is 1. The Morgan fingerprint density at radius 2 is 1.59 bits per heavy atom. The number of para-hydroxylation sites is 1. The second-order valence-corrected chi connectivity index (χ2v) is 10.9. The third-order valence-electron chi connectivity index (χ3n) is 6.86. The molecule has 0 radical (unpaired) electrons. The van der Waals surface area contributed by atoms with Crippen LogP contribution >= 0.6 is 11.8 Å². The van der Waals surface area contributed by atoms with Crippen LogP contribution in [0.25, 0.3) is 10.8 Å². The first-order chi connectivity index (χ1) is 19.0. The molecule has 5 rings (SSSR count). The first-order valence-corrected chi connectivity index (χ1v) is 14.1. The molecule has 0 unspecified atom stereocenters. The summed E-state index contributed by atoms with van der Waals surface area (Å²) in [6.07, 6.45) is 4.08. The summed E-state index contributed by atoms with van der Waals surface area (Å²) in [7, 11) is 0. The summed E-state index contributed by atoms with van der Waals surface area (Å²) in [5.74, 6) is -0.430. The standard InChI is InChI=1S/C32H32N2O4S/c35-31(33-30-7-3-2-6-29(30)32(36)37)20-23-8-13-27(14-9-23)39-28-15-11-24-10-12-26(21-25(24)22-28)38-19-18-34-16-4-1-5-17-34/h2-3,6-15,21-22H,1,4-5,16-20H2,(H,33,35)(H,36,37). The number of carbonyl (C=O) groups is 2. The number of hydrogen-bond donors (Lipinski definition) is 2. The number of nitrogens with zero attached hydrogens (tertiary/aromatic N) is 1. The van der Waals surface area contributed by atoms with Crippen molar-refractivity contribution in [3.05, 3.63) is 96.1 Å². The van der Waals surface area contributed by atoms with Crippen LogP contribution in [0.15, 0.2) is 94.7 Å². The third kappa shape index (κ3) is 7.40. The van der Waals surface area contributed by atoms with Crippen LogP contribution < -0.4 is 10.1 Å². The maximum Gasteiger partial charge on any atom is 0.337 e. The molecule has 0 aliphatic carbocycles. The Labute approximate surface area is 233 Å². The van der Waals surface area contributed by atoms with Crippen molar-refractivity contribution in [3.8, 4) is 5.75 Å². The lowest BCUT2D eigenvalue weighted by Crippen LogP contribution is -2.33. The van der Waals surface area contributed by atoms with Crippen molar-refractivity contribution in [2.24, 2.45) is 0 Å². The molecule has 0 spiro atoms. The van der Waals surface area contributed by atoms with Gasteiger partial charge in [0.05, 0.1) is 17.7 Å². The number of nitrogens with one attached hydrogen (secondary N) is 1. The first-order valence-electron chi connectivity index (χ1n) is 13.3. The zero-order valence-electron chi connectivity index (χ0n) is 21.8. The SMILES string of the molecule is O=C(Cc1ccc(Sc2ccc3ccc(OCCN4CCCCC4)cc3c2)cc1)Nc1ccccc1C(=O)O. The highest BCUT2D eigenvalue weighted by molar-refractivity contribution is 7.99. The van der Waals surface area contributed by atoms with E-state index in [0.717, 1.165) is 33.0 Å². The smallest absolute Gasteiger partial charge is 0.337 e. The summed E-state index contributed by atoms with van der Waals surface area (Å²) in [4.78, 5) is 28.6. The van der Waals surface area contributed by atoms with E-state index in [2.05, 4.69) is 40.5 Å². The van der Waals surface area contributed by atoms with Gasteiger partial charge in [-0.3, -0.25) is 9.69 Å². The molecule has 0 aromatic heterocycles. The highest BCUT2D eigenvalue weighted by atomic mass is 32.2. The van der Waals surface area contributed by atoms with E-state index < -0.39 is 5.97 Å². The normalized spacial score (nSPS) is 13.7. The Hall–Kier alpha value is -3.81. The summed E-state index contributed by atoms with van der Waals surface area (Å²) < 4.78 is 6.07. The number of carboxylic acid groups (broad SMARTS) is 1. The van der Waals surface area contributed by atoms with E-state index in [1.807, 2.05) is 30.3 Å². The minimum atomic E-state index is -1.07. The van der Waals surface area contributed by atoms with Gasteiger partial charge in [-0.15, -0.1) is 0 Å². The van der Waals surface area contributed by atoms with E-state index >= 15 is 0 Å². The highest BCUT2D eigenvalue weighted by Crippen LogP contribution is 2.32. The number of carboxylic acids is 1. The molecule has 1 aliphatic rings. The fraction of sp³-hybridized carbons (Fsp3) is 0.250. The number of likely N-dealkylation sites (tertiary alicyclic amines) is 1. The van der Waals surface area contributed by atoms with Crippen LogP contribution in [-0.2, 0) is 11.2 Å². The molecule has 1 saturated heterocycles. The molecule has 39 heavy (non-hydrogen) atoms. The number of rotatable bonds is 10. The van der Waals surface area contributed by atoms with Gasteiger partial charge in [0.2, 0.25) is 5.91 Å². The lowest BCUT2D eigenvalue weighted by atomic mass is 10.1. The largest absolute Gasteiger partial charge is 0.492 e. The number of piperidine rings is 1. The Bertz CT molecular complexity index is 1450. The van der Waals surface area contributed by atoms with Crippen molar-refractivity contribution in [3.63, 3.8) is 0 Å². The fourth-order valence-electron chi connectivity index (χ4n) is 4.80. The topological polar surface area (TPSA) is 78.9 Å². The fourth-order valence-corrected chi connectivity index (χ4v) is 5.67. The number of hydrogen-bond acceptors (Lipinski definition) is 5. The molecule has 4 aromatic rings. The van der Waals surface area contributed by atoms with Gasteiger partial charge in [0, 0.05) is 16.3 Å². The van der Waals surface area contributed by atoms with Crippen molar-refractivity contribution < 1.29 is 19.4 Å². The van der Waals surface area contributed by atoms with E-state index in [0.29, 0.717) is 12.3 Å². The average molecular weight is 541 g/mol. The molecular formula is C32H32N2O4S. The molecule has 7 heteroatoms. The highest BCUT2D eigenvalue weighted by Gasteiger charge is 2.13. The van der Waals surface area contributed by atoms with Crippen LogP contribution in [-0.4, -0.2) is 48.1 Å². The van der Waals surface area contributed by atoms with E-state index in [1.54, 1.807) is 30.0 Å². The van der Waals surface area contributed by atoms with Gasteiger partial charge >= 0.3 is 5.97 Å². The average Bonchev–Trinajstić information content (AvgIpc) is 2.95. The second-order valence-electron chi connectivity index (χ2n) is 9.74. The zero-order chi connectivity index (χ0) is 27.0. The number of fused-ring (bicyclic) bond motifs is 1. The molecule has 1 aliphatic heterocycles. The second kappa shape index (κ2) is 12.8. The molecule has 1 heterocycles. The predicted octanol–water partition coefficient (Wildman–Crippen LogP) is 6.74. The van der Waals surface area contributed by atoms with Crippen LogP contribution in [0, 0.1) is 0 Å². The Kier molecular flexibility index (Phi) is 8.81. The third-order valence-corrected chi connectivity index (χ3v) is 7.86. The molecular weight excluding hydrogens is 508 g/mol. The number of amides is 1. The van der Waals surface area contributed by atoms with E-state index in [9.17, 15) is 14.7 Å². The van der Waals surface area contributed by atoms with Crippen LogP contribution in [0.1, 0.15) is 35.2 Å². The van der Waals surface area contributed by atoms with Crippen molar-refractivity contribution in [1.82, 2.24) is 4.90 Å². The summed E-state index contributed by atoms with van der Waals surface area (Å²) in [5.41, 5.74) is 1.23. The predicted molar refractivity (Wildman–Crippen MR) is 156 cm³/mol. The van der Waals surface area contributed by atoms with Crippen LogP contribution in [0.2, 0.25) is 0 Å². The Balaban J connectivity index is 1.17. The number of benzene rings is 4. The van der Waals surface area contributed by atoms with Gasteiger partial charge in [0.15, 0.2) is 0 Å². The molecule has 6 nitrogen and oxygen atoms in total. The van der Waals surface area contributed by atoms with Crippen molar-refractivity contribution in [2.45, 2.75) is 35.5 Å². The van der Waals surface area contributed by atoms with Crippen molar-refractivity contribution in [2.75, 3.05) is 31.6 Å². The molecule has 2 N–H and O–H groups in total. The molecule has 0 atom stereocenters. The molecule has 0 saturated carbocycles. The minimum Gasteiger partial charge on any atom is -0.492 e.